The normalized spacial score (nSPS) is 22.9. The molecule has 1 heterocycles. The number of amides is 1. The fourth-order valence-corrected chi connectivity index (χ4v) is 1.64. The standard InChI is InChI=1S/C10H18N2O3/c1-7(10(14)15-2)12-9(13)8-4-3-5-11-6-8/h7-8,11H,3-6H2,1-2H3,(H,12,13)/t7-,8?/m1/s1. The summed E-state index contributed by atoms with van der Waals surface area (Å²) in [5, 5.41) is 5.80. The Morgan fingerprint density at radius 3 is 2.80 bits per heavy atom. The highest BCUT2D eigenvalue weighted by Gasteiger charge is 2.24. The maximum Gasteiger partial charge on any atom is 0.328 e. The van der Waals surface area contributed by atoms with Crippen molar-refractivity contribution in [2.75, 3.05) is 20.2 Å². The van der Waals surface area contributed by atoms with Gasteiger partial charge >= 0.3 is 5.97 Å². The molecule has 86 valence electrons. The number of carbonyl (C=O) groups is 2. The Morgan fingerprint density at radius 2 is 2.27 bits per heavy atom. The van der Waals surface area contributed by atoms with Gasteiger partial charge in [-0.15, -0.1) is 0 Å². The fourth-order valence-electron chi connectivity index (χ4n) is 1.64. The summed E-state index contributed by atoms with van der Waals surface area (Å²) in [6.45, 7) is 3.29. The van der Waals surface area contributed by atoms with E-state index >= 15 is 0 Å². The third-order valence-corrected chi connectivity index (χ3v) is 2.58. The van der Waals surface area contributed by atoms with Crippen LogP contribution in [-0.2, 0) is 14.3 Å². The van der Waals surface area contributed by atoms with Crippen LogP contribution in [0.2, 0.25) is 0 Å². The minimum Gasteiger partial charge on any atom is -0.467 e. The van der Waals surface area contributed by atoms with Gasteiger partial charge in [0.15, 0.2) is 0 Å². The van der Waals surface area contributed by atoms with Crippen molar-refractivity contribution in [2.45, 2.75) is 25.8 Å². The lowest BCUT2D eigenvalue weighted by Gasteiger charge is -2.23. The summed E-state index contributed by atoms with van der Waals surface area (Å²) < 4.78 is 4.53. The van der Waals surface area contributed by atoms with Crippen molar-refractivity contribution in [3.63, 3.8) is 0 Å². The van der Waals surface area contributed by atoms with Crippen LogP contribution in [0.4, 0.5) is 0 Å². The summed E-state index contributed by atoms with van der Waals surface area (Å²) in [5.41, 5.74) is 0. The number of ether oxygens (including phenoxy) is 1. The van der Waals surface area contributed by atoms with Gasteiger partial charge in [-0.2, -0.15) is 0 Å². The lowest BCUT2D eigenvalue weighted by atomic mass is 9.98. The van der Waals surface area contributed by atoms with Gasteiger partial charge in [0.05, 0.1) is 13.0 Å². The van der Waals surface area contributed by atoms with Crippen LogP contribution < -0.4 is 10.6 Å². The van der Waals surface area contributed by atoms with Crippen LogP contribution in [0.5, 0.6) is 0 Å². The molecule has 1 unspecified atom stereocenters. The van der Waals surface area contributed by atoms with Crippen molar-refractivity contribution in [3.8, 4) is 0 Å². The molecule has 5 heteroatoms. The molecule has 1 fully saturated rings. The van der Waals surface area contributed by atoms with Gasteiger partial charge < -0.3 is 15.4 Å². The molecule has 2 atom stereocenters. The predicted molar refractivity (Wildman–Crippen MR) is 55.2 cm³/mol. The van der Waals surface area contributed by atoms with Crippen LogP contribution in [0.15, 0.2) is 0 Å². The predicted octanol–water partition coefficient (Wildman–Crippen LogP) is -0.336. The maximum absolute atomic E-state index is 11.7. The summed E-state index contributed by atoms with van der Waals surface area (Å²) >= 11 is 0. The molecule has 15 heavy (non-hydrogen) atoms. The number of methoxy groups -OCH3 is 1. The van der Waals surface area contributed by atoms with Crippen molar-refractivity contribution in [3.05, 3.63) is 0 Å². The van der Waals surface area contributed by atoms with Gasteiger partial charge in [-0.25, -0.2) is 4.79 Å². The minimum absolute atomic E-state index is 0.0224. The molecule has 0 aromatic carbocycles. The number of nitrogens with one attached hydrogen (secondary N) is 2. The molecule has 0 spiro atoms. The number of piperidine rings is 1. The van der Waals surface area contributed by atoms with E-state index < -0.39 is 12.0 Å². The van der Waals surface area contributed by atoms with Gasteiger partial charge in [0.1, 0.15) is 6.04 Å². The van der Waals surface area contributed by atoms with Crippen molar-refractivity contribution < 1.29 is 14.3 Å². The molecule has 1 aliphatic heterocycles. The average Bonchev–Trinajstić information content (AvgIpc) is 2.29. The van der Waals surface area contributed by atoms with E-state index in [1.165, 1.54) is 7.11 Å². The Hall–Kier alpha value is -1.10. The van der Waals surface area contributed by atoms with Gasteiger partial charge in [-0.3, -0.25) is 4.79 Å². The zero-order valence-electron chi connectivity index (χ0n) is 9.21. The van der Waals surface area contributed by atoms with E-state index in [0.717, 1.165) is 19.4 Å². The molecule has 0 radical (unpaired) electrons. The topological polar surface area (TPSA) is 67.4 Å². The second-order valence-corrected chi connectivity index (χ2v) is 3.80. The van der Waals surface area contributed by atoms with Gasteiger partial charge in [0, 0.05) is 6.54 Å². The second-order valence-electron chi connectivity index (χ2n) is 3.80. The summed E-state index contributed by atoms with van der Waals surface area (Å²) in [6.07, 6.45) is 1.89. The third kappa shape index (κ3) is 3.51. The first kappa shape index (κ1) is 12.0. The summed E-state index contributed by atoms with van der Waals surface area (Å²) in [4.78, 5) is 22.7. The SMILES string of the molecule is COC(=O)[C@@H](C)NC(=O)C1CCCNC1. The largest absolute Gasteiger partial charge is 0.467 e. The molecule has 0 saturated carbocycles. The smallest absolute Gasteiger partial charge is 0.328 e. The Labute approximate surface area is 89.6 Å². The molecular formula is C10H18N2O3. The van der Waals surface area contributed by atoms with Gasteiger partial charge in [-0.1, -0.05) is 0 Å². The Bertz CT molecular complexity index is 237. The molecule has 1 amide bonds. The molecule has 0 aromatic rings. The molecule has 0 aromatic heterocycles. The van der Waals surface area contributed by atoms with Gasteiger partial charge in [-0.05, 0) is 26.3 Å². The first-order valence-electron chi connectivity index (χ1n) is 5.24. The van der Waals surface area contributed by atoms with Crippen molar-refractivity contribution in [2.24, 2.45) is 5.92 Å². The monoisotopic (exact) mass is 214 g/mol. The Kier molecular flexibility index (Phi) is 4.55. The van der Waals surface area contributed by atoms with E-state index in [1.807, 2.05) is 0 Å². The van der Waals surface area contributed by atoms with Gasteiger partial charge in [0.2, 0.25) is 5.91 Å². The zero-order chi connectivity index (χ0) is 11.3. The third-order valence-electron chi connectivity index (χ3n) is 2.58. The number of rotatable bonds is 3. The molecule has 5 nitrogen and oxygen atoms in total. The quantitative estimate of drug-likeness (QED) is 0.631. The van der Waals surface area contributed by atoms with Crippen LogP contribution >= 0.6 is 0 Å². The van der Waals surface area contributed by atoms with Crippen LogP contribution in [0.3, 0.4) is 0 Å². The summed E-state index contributed by atoms with van der Waals surface area (Å²) in [6, 6.07) is -0.565. The number of hydrogen-bond donors (Lipinski definition) is 2. The van der Waals surface area contributed by atoms with E-state index in [-0.39, 0.29) is 11.8 Å². The maximum atomic E-state index is 11.7. The molecule has 0 aliphatic carbocycles. The Balaban J connectivity index is 2.36. The first-order valence-corrected chi connectivity index (χ1v) is 5.24. The van der Waals surface area contributed by atoms with E-state index in [9.17, 15) is 9.59 Å². The zero-order valence-corrected chi connectivity index (χ0v) is 9.21. The van der Waals surface area contributed by atoms with Crippen LogP contribution in [-0.4, -0.2) is 38.1 Å². The summed E-state index contributed by atoms with van der Waals surface area (Å²) in [5.74, 6) is -0.502. The molecule has 0 bridgehead atoms. The van der Waals surface area contributed by atoms with E-state index in [0.29, 0.717) is 6.54 Å². The van der Waals surface area contributed by atoms with Crippen molar-refractivity contribution >= 4 is 11.9 Å². The average molecular weight is 214 g/mol. The Morgan fingerprint density at radius 1 is 1.53 bits per heavy atom. The highest BCUT2D eigenvalue weighted by molar-refractivity contribution is 5.85. The lowest BCUT2D eigenvalue weighted by molar-refractivity contribution is -0.145. The van der Waals surface area contributed by atoms with Gasteiger partial charge in [0.25, 0.3) is 0 Å². The fraction of sp³-hybridized carbons (Fsp3) is 0.800. The molecule has 1 aliphatic rings. The minimum atomic E-state index is -0.565. The van der Waals surface area contributed by atoms with Crippen LogP contribution in [0.1, 0.15) is 19.8 Å². The van der Waals surface area contributed by atoms with Crippen LogP contribution in [0, 0.1) is 5.92 Å². The number of esters is 1. The second kappa shape index (κ2) is 5.70. The highest BCUT2D eigenvalue weighted by atomic mass is 16.5. The van der Waals surface area contributed by atoms with Crippen LogP contribution in [0.25, 0.3) is 0 Å². The molecular weight excluding hydrogens is 196 g/mol. The molecule has 1 saturated heterocycles. The molecule has 1 rings (SSSR count). The van der Waals surface area contributed by atoms with E-state index in [1.54, 1.807) is 6.92 Å². The molecule has 2 N–H and O–H groups in total. The van der Waals surface area contributed by atoms with E-state index in [4.69, 9.17) is 0 Å². The first-order chi connectivity index (χ1) is 7.15. The number of carbonyl (C=O) groups excluding carboxylic acids is 2. The summed E-state index contributed by atoms with van der Waals surface area (Å²) in [7, 11) is 1.31. The van der Waals surface area contributed by atoms with E-state index in [2.05, 4.69) is 15.4 Å². The number of hydrogen-bond acceptors (Lipinski definition) is 4. The van der Waals surface area contributed by atoms with Crippen molar-refractivity contribution in [1.82, 2.24) is 10.6 Å². The lowest BCUT2D eigenvalue weighted by Crippen LogP contribution is -2.46. The highest BCUT2D eigenvalue weighted by Crippen LogP contribution is 2.09. The van der Waals surface area contributed by atoms with Crippen molar-refractivity contribution in [1.29, 1.82) is 0 Å².